The monoisotopic (exact) mass is 296 g/mol. The molecule has 20 heavy (non-hydrogen) atoms. The summed E-state index contributed by atoms with van der Waals surface area (Å²) in [6.07, 6.45) is 5.00. The molecule has 0 bridgehead atoms. The van der Waals surface area contributed by atoms with E-state index >= 15 is 0 Å². The van der Waals surface area contributed by atoms with Gasteiger partial charge in [0.15, 0.2) is 0 Å². The molecule has 2 rings (SSSR count). The number of benzene rings is 1. The third-order valence-electron chi connectivity index (χ3n) is 4.09. The van der Waals surface area contributed by atoms with Crippen molar-refractivity contribution in [1.82, 2.24) is 4.90 Å². The molecule has 0 aromatic heterocycles. The van der Waals surface area contributed by atoms with Crippen LogP contribution in [0.25, 0.3) is 0 Å². The first-order chi connectivity index (χ1) is 9.58. The van der Waals surface area contributed by atoms with Gasteiger partial charge in [0.1, 0.15) is 5.75 Å². The summed E-state index contributed by atoms with van der Waals surface area (Å²) in [5, 5.41) is 0.705. The topological polar surface area (TPSA) is 38.5 Å². The number of likely N-dealkylation sites (tertiary alicyclic amines) is 1. The van der Waals surface area contributed by atoms with Crippen LogP contribution in [0.15, 0.2) is 18.2 Å². The zero-order valence-corrected chi connectivity index (χ0v) is 13.2. The minimum Gasteiger partial charge on any atom is -0.493 e. The summed E-state index contributed by atoms with van der Waals surface area (Å²) in [6.45, 7) is 3.89. The van der Waals surface area contributed by atoms with E-state index in [-0.39, 0.29) is 6.04 Å². The summed E-state index contributed by atoms with van der Waals surface area (Å²) in [4.78, 5) is 2.45. The van der Waals surface area contributed by atoms with Crippen molar-refractivity contribution in [1.29, 1.82) is 0 Å². The fourth-order valence-corrected chi connectivity index (χ4v) is 3.00. The molecule has 0 radical (unpaired) electrons. The Hall–Kier alpha value is -0.770. The van der Waals surface area contributed by atoms with E-state index in [0.717, 1.165) is 24.3 Å². The van der Waals surface area contributed by atoms with Gasteiger partial charge in [0.25, 0.3) is 0 Å². The van der Waals surface area contributed by atoms with Crippen LogP contribution in [0.2, 0.25) is 5.02 Å². The SMILES string of the molecule is C[C@H](N)c1cc(Cl)ccc1OCCC1CCCCN1C. The Kier molecular flexibility index (Phi) is 5.70. The van der Waals surface area contributed by atoms with Gasteiger partial charge in [-0.3, -0.25) is 0 Å². The second-order valence-corrected chi connectivity index (χ2v) is 6.17. The van der Waals surface area contributed by atoms with E-state index in [1.54, 1.807) is 0 Å². The number of piperidine rings is 1. The molecule has 1 saturated heterocycles. The zero-order chi connectivity index (χ0) is 14.5. The van der Waals surface area contributed by atoms with Crippen LogP contribution in [0, 0.1) is 0 Å². The van der Waals surface area contributed by atoms with Gasteiger partial charge in [-0.25, -0.2) is 0 Å². The minimum atomic E-state index is -0.0685. The van der Waals surface area contributed by atoms with Crippen LogP contribution in [0.4, 0.5) is 0 Å². The molecule has 2 atom stereocenters. The maximum absolute atomic E-state index is 6.02. The van der Waals surface area contributed by atoms with Crippen LogP contribution < -0.4 is 10.5 Å². The zero-order valence-electron chi connectivity index (χ0n) is 12.4. The lowest BCUT2D eigenvalue weighted by Crippen LogP contribution is -2.37. The summed E-state index contributed by atoms with van der Waals surface area (Å²) < 4.78 is 5.94. The van der Waals surface area contributed by atoms with Crippen LogP contribution in [-0.2, 0) is 0 Å². The molecule has 3 nitrogen and oxygen atoms in total. The van der Waals surface area contributed by atoms with Gasteiger partial charge in [-0.2, -0.15) is 0 Å². The highest BCUT2D eigenvalue weighted by Crippen LogP contribution is 2.27. The fourth-order valence-electron chi connectivity index (χ4n) is 2.82. The minimum absolute atomic E-state index is 0.0685. The van der Waals surface area contributed by atoms with E-state index in [1.165, 1.54) is 25.8 Å². The Balaban J connectivity index is 1.90. The molecule has 1 aliphatic heterocycles. The molecule has 0 spiro atoms. The molecular formula is C16H25ClN2O. The lowest BCUT2D eigenvalue weighted by Gasteiger charge is -2.32. The Morgan fingerprint density at radius 1 is 1.45 bits per heavy atom. The Labute approximate surface area is 127 Å². The molecule has 1 unspecified atom stereocenters. The summed E-state index contributed by atoms with van der Waals surface area (Å²) >= 11 is 6.02. The second kappa shape index (κ2) is 7.30. The summed E-state index contributed by atoms with van der Waals surface area (Å²) in [5.74, 6) is 0.864. The molecule has 0 saturated carbocycles. The van der Waals surface area contributed by atoms with E-state index in [4.69, 9.17) is 22.1 Å². The quantitative estimate of drug-likeness (QED) is 0.902. The van der Waals surface area contributed by atoms with Gasteiger partial charge in [-0.05, 0) is 58.0 Å². The lowest BCUT2D eigenvalue weighted by molar-refractivity contribution is 0.152. The normalized spacial score (nSPS) is 21.7. The van der Waals surface area contributed by atoms with Crippen LogP contribution in [0.1, 0.15) is 44.2 Å². The van der Waals surface area contributed by atoms with Crippen molar-refractivity contribution in [2.45, 2.75) is 44.7 Å². The molecule has 112 valence electrons. The average molecular weight is 297 g/mol. The Morgan fingerprint density at radius 2 is 2.25 bits per heavy atom. The van der Waals surface area contributed by atoms with Gasteiger partial charge in [0.2, 0.25) is 0 Å². The van der Waals surface area contributed by atoms with Crippen molar-refractivity contribution in [2.75, 3.05) is 20.2 Å². The van der Waals surface area contributed by atoms with Crippen molar-refractivity contribution in [2.24, 2.45) is 5.73 Å². The Morgan fingerprint density at radius 3 is 2.95 bits per heavy atom. The van der Waals surface area contributed by atoms with Gasteiger partial charge in [-0.1, -0.05) is 18.0 Å². The van der Waals surface area contributed by atoms with Gasteiger partial charge < -0.3 is 15.4 Å². The largest absolute Gasteiger partial charge is 0.493 e. The number of rotatable bonds is 5. The summed E-state index contributed by atoms with van der Waals surface area (Å²) in [6, 6.07) is 6.26. The van der Waals surface area contributed by atoms with E-state index in [2.05, 4.69) is 11.9 Å². The molecule has 0 amide bonds. The predicted octanol–water partition coefficient (Wildman–Crippen LogP) is 3.61. The maximum atomic E-state index is 6.02. The van der Waals surface area contributed by atoms with Crippen molar-refractivity contribution in [3.63, 3.8) is 0 Å². The van der Waals surface area contributed by atoms with E-state index < -0.39 is 0 Å². The smallest absolute Gasteiger partial charge is 0.124 e. The number of nitrogens with zero attached hydrogens (tertiary/aromatic N) is 1. The third-order valence-corrected chi connectivity index (χ3v) is 4.33. The van der Waals surface area contributed by atoms with E-state index in [1.807, 2.05) is 25.1 Å². The van der Waals surface area contributed by atoms with Gasteiger partial charge in [0, 0.05) is 22.7 Å². The molecule has 1 fully saturated rings. The number of halogens is 1. The maximum Gasteiger partial charge on any atom is 0.124 e. The average Bonchev–Trinajstić information content (AvgIpc) is 2.42. The molecular weight excluding hydrogens is 272 g/mol. The van der Waals surface area contributed by atoms with Crippen molar-refractivity contribution in [3.8, 4) is 5.75 Å². The van der Waals surface area contributed by atoms with Crippen LogP contribution in [0.5, 0.6) is 5.75 Å². The molecule has 1 aromatic carbocycles. The number of hydrogen-bond donors (Lipinski definition) is 1. The summed E-state index contributed by atoms with van der Waals surface area (Å²) in [7, 11) is 2.21. The molecule has 1 heterocycles. The highest BCUT2D eigenvalue weighted by Gasteiger charge is 2.18. The third kappa shape index (κ3) is 4.11. The first-order valence-electron chi connectivity index (χ1n) is 7.46. The van der Waals surface area contributed by atoms with Crippen LogP contribution in [0.3, 0.4) is 0 Å². The number of nitrogens with two attached hydrogens (primary N) is 1. The number of hydrogen-bond acceptors (Lipinski definition) is 3. The van der Waals surface area contributed by atoms with Crippen LogP contribution in [-0.4, -0.2) is 31.1 Å². The van der Waals surface area contributed by atoms with Crippen molar-refractivity contribution < 1.29 is 4.74 Å². The van der Waals surface area contributed by atoms with Crippen LogP contribution >= 0.6 is 11.6 Å². The molecule has 2 N–H and O–H groups in total. The van der Waals surface area contributed by atoms with Gasteiger partial charge >= 0.3 is 0 Å². The van der Waals surface area contributed by atoms with E-state index in [9.17, 15) is 0 Å². The predicted molar refractivity (Wildman–Crippen MR) is 84.4 cm³/mol. The van der Waals surface area contributed by atoms with Gasteiger partial charge in [-0.15, -0.1) is 0 Å². The highest BCUT2D eigenvalue weighted by molar-refractivity contribution is 6.30. The van der Waals surface area contributed by atoms with Crippen molar-refractivity contribution >= 4 is 11.6 Å². The first-order valence-corrected chi connectivity index (χ1v) is 7.84. The number of ether oxygens (including phenoxy) is 1. The second-order valence-electron chi connectivity index (χ2n) is 5.74. The Bertz CT molecular complexity index is 436. The lowest BCUT2D eigenvalue weighted by atomic mass is 10.0. The van der Waals surface area contributed by atoms with Gasteiger partial charge in [0.05, 0.1) is 6.61 Å². The molecule has 1 aromatic rings. The standard InChI is InChI=1S/C16H25ClN2O/c1-12(18)15-11-13(17)6-7-16(15)20-10-8-14-5-3-4-9-19(14)2/h6-7,11-12,14H,3-5,8-10,18H2,1-2H3/t12-,14?/m0/s1. The van der Waals surface area contributed by atoms with E-state index in [0.29, 0.717) is 11.1 Å². The highest BCUT2D eigenvalue weighted by atomic mass is 35.5. The van der Waals surface area contributed by atoms with Crippen molar-refractivity contribution in [3.05, 3.63) is 28.8 Å². The fraction of sp³-hybridized carbons (Fsp3) is 0.625. The molecule has 0 aliphatic carbocycles. The summed E-state index contributed by atoms with van der Waals surface area (Å²) in [5.41, 5.74) is 6.95. The first kappa shape index (κ1) is 15.6. The molecule has 1 aliphatic rings. The molecule has 4 heteroatoms.